The number of hydrogen-bond acceptors (Lipinski definition) is 5. The summed E-state index contributed by atoms with van der Waals surface area (Å²) in [7, 11) is -1.99. The van der Waals surface area contributed by atoms with E-state index in [0.717, 1.165) is 0 Å². The van der Waals surface area contributed by atoms with Gasteiger partial charge in [-0.1, -0.05) is 0 Å². The van der Waals surface area contributed by atoms with Gasteiger partial charge in [0.2, 0.25) is 12.2 Å². The Morgan fingerprint density at radius 2 is 1.91 bits per heavy atom. The smallest absolute Gasteiger partial charge is 0.279 e. The SMILES string of the molecule is CNS(=O)(=O)N1CCC(C2Oc3ccc(C(N)=O)cc3O2)CC1. The monoisotopic (exact) mass is 341 g/mol. The number of rotatable bonds is 4. The van der Waals surface area contributed by atoms with Crippen molar-refractivity contribution in [3.05, 3.63) is 23.8 Å². The molecule has 8 nitrogen and oxygen atoms in total. The zero-order valence-electron chi connectivity index (χ0n) is 12.7. The van der Waals surface area contributed by atoms with Crippen LogP contribution in [0.25, 0.3) is 0 Å². The molecule has 2 heterocycles. The number of nitrogens with two attached hydrogens (primary N) is 1. The predicted molar refractivity (Wildman–Crippen MR) is 82.3 cm³/mol. The number of nitrogens with one attached hydrogen (secondary N) is 1. The second-order valence-electron chi connectivity index (χ2n) is 5.58. The minimum Gasteiger partial charge on any atom is -0.451 e. The minimum atomic E-state index is -3.39. The highest BCUT2D eigenvalue weighted by atomic mass is 32.2. The van der Waals surface area contributed by atoms with E-state index in [-0.39, 0.29) is 5.92 Å². The van der Waals surface area contributed by atoms with Crippen LogP contribution in [0.15, 0.2) is 18.2 Å². The number of primary amides is 1. The molecule has 0 aromatic heterocycles. The maximum absolute atomic E-state index is 11.8. The van der Waals surface area contributed by atoms with Crippen LogP contribution in [-0.4, -0.2) is 45.1 Å². The van der Waals surface area contributed by atoms with Gasteiger partial charge in [-0.2, -0.15) is 12.7 Å². The first-order valence-corrected chi connectivity index (χ1v) is 8.80. The molecule has 1 atom stereocenters. The number of ether oxygens (including phenoxy) is 2. The zero-order valence-corrected chi connectivity index (χ0v) is 13.5. The van der Waals surface area contributed by atoms with Crippen LogP contribution in [0.3, 0.4) is 0 Å². The number of piperidine rings is 1. The molecule has 1 amide bonds. The van der Waals surface area contributed by atoms with Crippen LogP contribution in [-0.2, 0) is 10.2 Å². The van der Waals surface area contributed by atoms with E-state index >= 15 is 0 Å². The van der Waals surface area contributed by atoms with Crippen molar-refractivity contribution >= 4 is 16.1 Å². The van der Waals surface area contributed by atoms with Crippen molar-refractivity contribution in [3.63, 3.8) is 0 Å². The van der Waals surface area contributed by atoms with Crippen molar-refractivity contribution < 1.29 is 22.7 Å². The summed E-state index contributed by atoms with van der Waals surface area (Å²) in [5, 5.41) is 0. The van der Waals surface area contributed by atoms with Crippen molar-refractivity contribution in [1.82, 2.24) is 9.03 Å². The van der Waals surface area contributed by atoms with Crippen molar-refractivity contribution in [2.45, 2.75) is 19.1 Å². The summed E-state index contributed by atoms with van der Waals surface area (Å²) < 4.78 is 38.8. The standard InChI is InChI=1S/C14H19N3O5S/c1-16-23(19,20)17-6-4-9(5-7-17)14-21-11-3-2-10(13(15)18)8-12(11)22-14/h2-3,8-9,14,16H,4-7H2,1H3,(H2,15,18). The molecule has 126 valence electrons. The lowest BCUT2D eigenvalue weighted by atomic mass is 9.97. The van der Waals surface area contributed by atoms with Crippen LogP contribution in [0.4, 0.5) is 0 Å². The number of hydrogen-bond donors (Lipinski definition) is 2. The van der Waals surface area contributed by atoms with Crippen LogP contribution >= 0.6 is 0 Å². The summed E-state index contributed by atoms with van der Waals surface area (Å²) in [5.41, 5.74) is 5.61. The largest absolute Gasteiger partial charge is 0.451 e. The summed E-state index contributed by atoms with van der Waals surface area (Å²) in [6, 6.07) is 4.82. The summed E-state index contributed by atoms with van der Waals surface area (Å²) in [6.45, 7) is 0.833. The van der Waals surface area contributed by atoms with Crippen LogP contribution < -0.4 is 19.9 Å². The molecule has 2 aliphatic rings. The molecule has 1 saturated heterocycles. The number of nitrogens with zero attached hydrogens (tertiary/aromatic N) is 1. The first-order valence-electron chi connectivity index (χ1n) is 7.36. The Bertz CT molecular complexity index is 713. The van der Waals surface area contributed by atoms with E-state index in [1.165, 1.54) is 11.4 Å². The molecule has 0 spiro atoms. The Balaban J connectivity index is 1.64. The van der Waals surface area contributed by atoms with Crippen LogP contribution in [0.1, 0.15) is 23.2 Å². The second kappa shape index (κ2) is 5.99. The summed E-state index contributed by atoms with van der Waals surface area (Å²) in [4.78, 5) is 11.2. The molecule has 0 saturated carbocycles. The summed E-state index contributed by atoms with van der Waals surface area (Å²) in [6.07, 6.45) is 0.817. The third-order valence-corrected chi connectivity index (χ3v) is 5.76. The Morgan fingerprint density at radius 3 is 2.52 bits per heavy atom. The molecule has 3 N–H and O–H groups in total. The Morgan fingerprint density at radius 1 is 1.26 bits per heavy atom. The van der Waals surface area contributed by atoms with Gasteiger partial charge in [-0.05, 0) is 31.0 Å². The molecule has 1 aromatic carbocycles. The molecule has 2 aliphatic heterocycles. The van der Waals surface area contributed by atoms with Gasteiger partial charge in [0.1, 0.15) is 0 Å². The molecule has 0 radical (unpaired) electrons. The minimum absolute atomic E-state index is 0.0859. The first-order chi connectivity index (χ1) is 10.9. The van der Waals surface area contributed by atoms with E-state index in [4.69, 9.17) is 15.2 Å². The number of amides is 1. The highest BCUT2D eigenvalue weighted by Crippen LogP contribution is 2.39. The molecular formula is C14H19N3O5S. The van der Waals surface area contributed by atoms with Gasteiger partial charge >= 0.3 is 0 Å². The Kier molecular flexibility index (Phi) is 4.17. The fourth-order valence-electron chi connectivity index (χ4n) is 2.83. The van der Waals surface area contributed by atoms with Gasteiger partial charge in [0.05, 0.1) is 0 Å². The van der Waals surface area contributed by atoms with E-state index in [1.54, 1.807) is 18.2 Å². The van der Waals surface area contributed by atoms with Crippen LogP contribution in [0.2, 0.25) is 0 Å². The number of benzene rings is 1. The summed E-state index contributed by atoms with van der Waals surface area (Å²) >= 11 is 0. The fourth-order valence-corrected chi connectivity index (χ4v) is 3.78. The molecule has 9 heteroatoms. The van der Waals surface area contributed by atoms with Crippen molar-refractivity contribution in [2.24, 2.45) is 11.7 Å². The average Bonchev–Trinajstić information content (AvgIpc) is 2.98. The average molecular weight is 341 g/mol. The third-order valence-electron chi connectivity index (χ3n) is 4.20. The first kappa shape index (κ1) is 16.0. The third kappa shape index (κ3) is 3.12. The molecule has 23 heavy (non-hydrogen) atoms. The number of fused-ring (bicyclic) bond motifs is 1. The molecule has 1 unspecified atom stereocenters. The van der Waals surface area contributed by atoms with Crippen LogP contribution in [0, 0.1) is 5.92 Å². The van der Waals surface area contributed by atoms with E-state index in [9.17, 15) is 13.2 Å². The van der Waals surface area contributed by atoms with E-state index in [2.05, 4.69) is 4.72 Å². The molecular weight excluding hydrogens is 322 g/mol. The van der Waals surface area contributed by atoms with E-state index < -0.39 is 22.4 Å². The van der Waals surface area contributed by atoms with Crippen molar-refractivity contribution in [1.29, 1.82) is 0 Å². The number of carbonyl (C=O) groups is 1. The quantitative estimate of drug-likeness (QED) is 0.804. The fraction of sp³-hybridized carbons (Fsp3) is 0.500. The van der Waals surface area contributed by atoms with Crippen molar-refractivity contribution in [2.75, 3.05) is 20.1 Å². The van der Waals surface area contributed by atoms with Gasteiger partial charge in [-0.3, -0.25) is 4.79 Å². The maximum atomic E-state index is 11.8. The van der Waals surface area contributed by atoms with Crippen LogP contribution in [0.5, 0.6) is 11.5 Å². The molecule has 0 aliphatic carbocycles. The highest BCUT2D eigenvalue weighted by molar-refractivity contribution is 7.87. The Hall–Kier alpha value is -1.84. The van der Waals surface area contributed by atoms with Gasteiger partial charge in [0.15, 0.2) is 11.5 Å². The topological polar surface area (TPSA) is 111 Å². The molecule has 1 fully saturated rings. The second-order valence-corrected chi connectivity index (χ2v) is 7.45. The van der Waals surface area contributed by atoms with Gasteiger partial charge in [0, 0.05) is 31.6 Å². The lowest BCUT2D eigenvalue weighted by molar-refractivity contribution is -0.0210. The highest BCUT2D eigenvalue weighted by Gasteiger charge is 2.36. The molecule has 0 bridgehead atoms. The normalized spacial score (nSPS) is 22.2. The van der Waals surface area contributed by atoms with Gasteiger partial charge in [-0.15, -0.1) is 0 Å². The zero-order chi connectivity index (χ0) is 16.6. The maximum Gasteiger partial charge on any atom is 0.279 e. The van der Waals surface area contributed by atoms with Gasteiger partial charge in [-0.25, -0.2) is 4.72 Å². The number of carbonyl (C=O) groups excluding carboxylic acids is 1. The predicted octanol–water partition coefficient (Wildman–Crippen LogP) is 0.0590. The summed E-state index contributed by atoms with van der Waals surface area (Å²) in [5.74, 6) is 0.634. The van der Waals surface area contributed by atoms with E-state index in [1.807, 2.05) is 0 Å². The molecule has 3 rings (SSSR count). The van der Waals surface area contributed by atoms with E-state index in [0.29, 0.717) is 43.0 Å². The lowest BCUT2D eigenvalue weighted by Gasteiger charge is -2.32. The van der Waals surface area contributed by atoms with Gasteiger partial charge < -0.3 is 15.2 Å². The Labute approximate surface area is 134 Å². The van der Waals surface area contributed by atoms with Crippen molar-refractivity contribution in [3.8, 4) is 11.5 Å². The lowest BCUT2D eigenvalue weighted by Crippen LogP contribution is -2.46. The molecule has 1 aromatic rings. The van der Waals surface area contributed by atoms with Gasteiger partial charge in [0.25, 0.3) is 10.2 Å².